The van der Waals surface area contributed by atoms with E-state index in [1.165, 1.54) is 6.26 Å². The van der Waals surface area contributed by atoms with Crippen LogP contribution in [0.1, 0.15) is 46.5 Å². The molecule has 0 aliphatic heterocycles. The lowest BCUT2D eigenvalue weighted by atomic mass is 9.92. The van der Waals surface area contributed by atoms with Gasteiger partial charge in [-0.2, -0.15) is 0 Å². The SMILES string of the molecule is O=C(NCCc1nc2ccccc2[nH]1)c1coc2c1C(O)CCC2. The number of carbonyl (C=O) groups excluding carboxylic acids is 1. The second-order valence-corrected chi connectivity index (χ2v) is 6.10. The minimum Gasteiger partial charge on any atom is -0.468 e. The monoisotopic (exact) mass is 325 g/mol. The standard InChI is InChI=1S/C18H19N3O3/c22-14-6-3-7-15-17(14)11(10-24-15)18(23)19-9-8-16-20-12-4-1-2-5-13(12)21-16/h1-2,4-5,10,14,22H,3,6-9H2,(H,19,23)(H,20,21). The van der Waals surface area contributed by atoms with E-state index in [0.717, 1.165) is 35.5 Å². The summed E-state index contributed by atoms with van der Waals surface area (Å²) >= 11 is 0. The first-order chi connectivity index (χ1) is 11.7. The Morgan fingerprint density at radius 1 is 1.42 bits per heavy atom. The molecule has 1 atom stereocenters. The predicted octanol–water partition coefficient (Wildman–Crippen LogP) is 2.50. The molecule has 1 aliphatic carbocycles. The van der Waals surface area contributed by atoms with Crippen molar-refractivity contribution in [2.24, 2.45) is 0 Å². The van der Waals surface area contributed by atoms with Crippen LogP contribution in [0, 0.1) is 0 Å². The van der Waals surface area contributed by atoms with Crippen molar-refractivity contribution < 1.29 is 14.3 Å². The van der Waals surface area contributed by atoms with Crippen LogP contribution >= 0.6 is 0 Å². The van der Waals surface area contributed by atoms with Gasteiger partial charge in [0.05, 0.1) is 22.7 Å². The van der Waals surface area contributed by atoms with Gasteiger partial charge in [-0.15, -0.1) is 0 Å². The van der Waals surface area contributed by atoms with E-state index >= 15 is 0 Å². The quantitative estimate of drug-likeness (QED) is 0.687. The van der Waals surface area contributed by atoms with Crippen molar-refractivity contribution in [3.8, 4) is 0 Å². The van der Waals surface area contributed by atoms with Gasteiger partial charge in [0.1, 0.15) is 17.8 Å². The van der Waals surface area contributed by atoms with Gasteiger partial charge in [0.25, 0.3) is 5.91 Å². The van der Waals surface area contributed by atoms with Gasteiger partial charge in [0, 0.05) is 24.9 Å². The molecule has 24 heavy (non-hydrogen) atoms. The Morgan fingerprint density at radius 3 is 3.17 bits per heavy atom. The van der Waals surface area contributed by atoms with Crippen LogP contribution in [0.5, 0.6) is 0 Å². The van der Waals surface area contributed by atoms with Crippen LogP contribution in [-0.2, 0) is 12.8 Å². The molecule has 6 heteroatoms. The summed E-state index contributed by atoms with van der Waals surface area (Å²) in [6.07, 6.45) is 3.79. The van der Waals surface area contributed by atoms with Crippen LogP contribution in [-0.4, -0.2) is 27.5 Å². The van der Waals surface area contributed by atoms with E-state index in [-0.39, 0.29) is 5.91 Å². The number of aromatic amines is 1. The summed E-state index contributed by atoms with van der Waals surface area (Å²) in [6, 6.07) is 7.83. The number of H-pyrrole nitrogens is 1. The number of fused-ring (bicyclic) bond motifs is 2. The number of amides is 1. The molecule has 0 fully saturated rings. The number of benzene rings is 1. The molecule has 3 aromatic rings. The maximum Gasteiger partial charge on any atom is 0.254 e. The van der Waals surface area contributed by atoms with E-state index in [4.69, 9.17) is 4.42 Å². The lowest BCUT2D eigenvalue weighted by molar-refractivity contribution is 0.0943. The molecule has 2 aromatic heterocycles. The first-order valence-corrected chi connectivity index (χ1v) is 8.22. The van der Waals surface area contributed by atoms with Gasteiger partial charge in [-0.05, 0) is 25.0 Å². The highest BCUT2D eigenvalue weighted by atomic mass is 16.3. The topological polar surface area (TPSA) is 91.2 Å². The van der Waals surface area contributed by atoms with Crippen molar-refractivity contribution in [3.63, 3.8) is 0 Å². The minimum atomic E-state index is -0.608. The molecule has 0 bridgehead atoms. The number of furan rings is 1. The molecule has 0 spiro atoms. The smallest absolute Gasteiger partial charge is 0.254 e. The molecule has 3 N–H and O–H groups in total. The number of hydrogen-bond acceptors (Lipinski definition) is 4. The third kappa shape index (κ3) is 2.69. The molecule has 0 radical (unpaired) electrons. The zero-order valence-electron chi connectivity index (χ0n) is 13.2. The fourth-order valence-corrected chi connectivity index (χ4v) is 3.26. The van der Waals surface area contributed by atoms with Crippen molar-refractivity contribution in [3.05, 3.63) is 53.2 Å². The molecule has 1 aliphatic rings. The Labute approximate surface area is 138 Å². The van der Waals surface area contributed by atoms with Crippen LogP contribution < -0.4 is 5.32 Å². The van der Waals surface area contributed by atoms with Gasteiger partial charge in [0.2, 0.25) is 0 Å². The molecule has 0 saturated carbocycles. The summed E-state index contributed by atoms with van der Waals surface area (Å²) in [5, 5.41) is 13.0. The molecule has 124 valence electrons. The Bertz CT molecular complexity index is 848. The van der Waals surface area contributed by atoms with Crippen molar-refractivity contribution in [2.45, 2.75) is 31.8 Å². The highest BCUT2D eigenvalue weighted by Crippen LogP contribution is 2.33. The van der Waals surface area contributed by atoms with E-state index in [1.807, 2.05) is 24.3 Å². The summed E-state index contributed by atoms with van der Waals surface area (Å²) in [7, 11) is 0. The molecule has 1 unspecified atom stereocenters. The predicted molar refractivity (Wildman–Crippen MR) is 88.7 cm³/mol. The van der Waals surface area contributed by atoms with Crippen molar-refractivity contribution in [2.75, 3.05) is 6.54 Å². The number of para-hydroxylation sites is 2. The number of rotatable bonds is 4. The minimum absolute atomic E-state index is 0.211. The number of aromatic nitrogens is 2. The van der Waals surface area contributed by atoms with Gasteiger partial charge in [-0.3, -0.25) is 4.79 Å². The molecule has 6 nitrogen and oxygen atoms in total. The third-order valence-electron chi connectivity index (χ3n) is 4.45. The molecule has 0 saturated heterocycles. The van der Waals surface area contributed by atoms with Crippen molar-refractivity contribution in [1.82, 2.24) is 15.3 Å². The Kier molecular flexibility index (Phi) is 3.82. The number of aryl methyl sites for hydroxylation is 1. The van der Waals surface area contributed by atoms with Crippen molar-refractivity contribution in [1.29, 1.82) is 0 Å². The first-order valence-electron chi connectivity index (χ1n) is 8.22. The highest BCUT2D eigenvalue weighted by Gasteiger charge is 2.27. The number of aliphatic hydroxyl groups is 1. The van der Waals surface area contributed by atoms with E-state index in [9.17, 15) is 9.90 Å². The Hall–Kier alpha value is -2.60. The van der Waals surface area contributed by atoms with E-state index < -0.39 is 6.10 Å². The molecular weight excluding hydrogens is 306 g/mol. The van der Waals surface area contributed by atoms with Gasteiger partial charge in [-0.1, -0.05) is 12.1 Å². The van der Waals surface area contributed by atoms with Gasteiger partial charge in [0.15, 0.2) is 0 Å². The zero-order chi connectivity index (χ0) is 16.5. The summed E-state index contributed by atoms with van der Waals surface area (Å²) in [5.74, 6) is 1.36. The summed E-state index contributed by atoms with van der Waals surface area (Å²) in [4.78, 5) is 20.1. The van der Waals surface area contributed by atoms with E-state index in [1.54, 1.807) is 0 Å². The van der Waals surface area contributed by atoms with Crippen LogP contribution in [0.15, 0.2) is 34.9 Å². The number of aliphatic hydroxyl groups excluding tert-OH is 1. The second-order valence-electron chi connectivity index (χ2n) is 6.10. The maximum atomic E-state index is 12.4. The van der Waals surface area contributed by atoms with Crippen LogP contribution in [0.25, 0.3) is 11.0 Å². The lowest BCUT2D eigenvalue weighted by Crippen LogP contribution is -2.27. The van der Waals surface area contributed by atoms with Gasteiger partial charge in [-0.25, -0.2) is 4.98 Å². The second kappa shape index (κ2) is 6.13. The van der Waals surface area contributed by atoms with Crippen LogP contribution in [0.4, 0.5) is 0 Å². The van der Waals surface area contributed by atoms with Gasteiger partial charge < -0.3 is 19.8 Å². The fraction of sp³-hybridized carbons (Fsp3) is 0.333. The Morgan fingerprint density at radius 2 is 2.29 bits per heavy atom. The summed E-state index contributed by atoms with van der Waals surface area (Å²) in [5.41, 5.74) is 3.01. The first kappa shape index (κ1) is 15.0. The van der Waals surface area contributed by atoms with E-state index in [2.05, 4.69) is 15.3 Å². The fourth-order valence-electron chi connectivity index (χ4n) is 3.26. The van der Waals surface area contributed by atoms with Gasteiger partial charge >= 0.3 is 0 Å². The number of nitrogens with zero attached hydrogens (tertiary/aromatic N) is 1. The third-order valence-corrected chi connectivity index (χ3v) is 4.45. The average molecular weight is 325 g/mol. The maximum absolute atomic E-state index is 12.4. The molecule has 1 aromatic carbocycles. The highest BCUT2D eigenvalue weighted by molar-refractivity contribution is 5.95. The van der Waals surface area contributed by atoms with Crippen molar-refractivity contribution >= 4 is 16.9 Å². The summed E-state index contributed by atoms with van der Waals surface area (Å²) in [6.45, 7) is 0.467. The normalized spacial score (nSPS) is 17.0. The largest absolute Gasteiger partial charge is 0.468 e. The molecular formula is C18H19N3O3. The summed E-state index contributed by atoms with van der Waals surface area (Å²) < 4.78 is 5.44. The average Bonchev–Trinajstić information content (AvgIpc) is 3.18. The number of carbonyl (C=O) groups is 1. The van der Waals surface area contributed by atoms with Crippen LogP contribution in [0.3, 0.4) is 0 Å². The number of hydrogen-bond donors (Lipinski definition) is 3. The van der Waals surface area contributed by atoms with E-state index in [0.29, 0.717) is 30.5 Å². The lowest BCUT2D eigenvalue weighted by Gasteiger charge is -2.17. The molecule has 4 rings (SSSR count). The molecule has 2 heterocycles. The zero-order valence-corrected chi connectivity index (χ0v) is 13.2. The number of imidazole rings is 1. The molecule has 1 amide bonds. The van der Waals surface area contributed by atoms with Crippen LogP contribution in [0.2, 0.25) is 0 Å². The number of nitrogens with one attached hydrogen (secondary N) is 2. The Balaban J connectivity index is 1.41.